The first-order valence-corrected chi connectivity index (χ1v) is 7.36. The molecule has 2 aromatic rings. The van der Waals surface area contributed by atoms with Gasteiger partial charge in [0.15, 0.2) is 5.60 Å². The highest BCUT2D eigenvalue weighted by Crippen LogP contribution is 2.42. The van der Waals surface area contributed by atoms with Gasteiger partial charge in [0.05, 0.1) is 0 Å². The van der Waals surface area contributed by atoms with E-state index in [1.54, 1.807) is 0 Å². The van der Waals surface area contributed by atoms with Gasteiger partial charge >= 0.3 is 0 Å². The second-order valence-corrected chi connectivity index (χ2v) is 5.47. The van der Waals surface area contributed by atoms with Crippen LogP contribution in [0.15, 0.2) is 77.9 Å². The quantitative estimate of drug-likeness (QED) is 0.910. The molecule has 1 heterocycles. The van der Waals surface area contributed by atoms with E-state index in [4.69, 9.17) is 10.1 Å². The molecule has 3 rings (SSSR count). The predicted molar refractivity (Wildman–Crippen MR) is 90.7 cm³/mol. The minimum Gasteiger partial charge on any atom is -0.461 e. The molecular formula is C20H16N2O. The van der Waals surface area contributed by atoms with Crippen molar-refractivity contribution in [1.82, 2.24) is 0 Å². The maximum absolute atomic E-state index is 9.42. The molecule has 0 radical (unpaired) electrons. The van der Waals surface area contributed by atoms with Crippen LogP contribution in [0, 0.1) is 16.7 Å². The molecule has 0 bridgehead atoms. The second-order valence-electron chi connectivity index (χ2n) is 5.47. The van der Waals surface area contributed by atoms with Gasteiger partial charge in [0.2, 0.25) is 5.90 Å². The molecule has 112 valence electrons. The van der Waals surface area contributed by atoms with Crippen LogP contribution >= 0.6 is 0 Å². The molecule has 1 N–H and O–H groups in total. The smallest absolute Gasteiger partial charge is 0.225 e. The first kappa shape index (κ1) is 14.8. The molecule has 1 aliphatic rings. The highest BCUT2D eigenvalue weighted by Gasteiger charge is 2.42. The Morgan fingerprint density at radius 1 is 1.00 bits per heavy atom. The molecule has 0 saturated carbocycles. The Morgan fingerprint density at radius 3 is 2.22 bits per heavy atom. The molecule has 0 saturated heterocycles. The van der Waals surface area contributed by atoms with Gasteiger partial charge in [-0.05, 0) is 18.1 Å². The van der Waals surface area contributed by atoms with Crippen LogP contribution in [0.5, 0.6) is 0 Å². The average Bonchev–Trinajstić information content (AvgIpc) is 2.85. The summed E-state index contributed by atoms with van der Waals surface area (Å²) < 4.78 is 5.77. The van der Waals surface area contributed by atoms with Crippen molar-refractivity contribution in [2.24, 2.45) is 0 Å². The lowest BCUT2D eigenvalue weighted by Crippen LogP contribution is -2.24. The number of hydrogen-bond acceptors (Lipinski definition) is 3. The van der Waals surface area contributed by atoms with Crippen molar-refractivity contribution in [2.45, 2.75) is 12.5 Å². The number of hydrogen-bond donors (Lipinski definition) is 1. The van der Waals surface area contributed by atoms with Crippen molar-refractivity contribution in [1.29, 1.82) is 10.7 Å². The summed E-state index contributed by atoms with van der Waals surface area (Å²) in [4.78, 5) is 0. The third-order valence-electron chi connectivity index (χ3n) is 4.00. The van der Waals surface area contributed by atoms with Gasteiger partial charge in [0, 0.05) is 5.57 Å². The summed E-state index contributed by atoms with van der Waals surface area (Å²) in [5.74, 6) is -0.0773. The number of ether oxygens (including phenoxy) is 1. The molecule has 23 heavy (non-hydrogen) atoms. The van der Waals surface area contributed by atoms with Crippen LogP contribution in [0.25, 0.3) is 6.08 Å². The zero-order valence-electron chi connectivity index (χ0n) is 12.8. The fourth-order valence-electron chi connectivity index (χ4n) is 2.74. The van der Waals surface area contributed by atoms with Crippen LogP contribution in [-0.2, 0) is 10.3 Å². The highest BCUT2D eigenvalue weighted by molar-refractivity contribution is 6.00. The first-order valence-electron chi connectivity index (χ1n) is 7.36. The van der Waals surface area contributed by atoms with Crippen molar-refractivity contribution in [3.63, 3.8) is 0 Å². The third kappa shape index (κ3) is 2.67. The molecule has 3 nitrogen and oxygen atoms in total. The molecule has 1 unspecified atom stereocenters. The summed E-state index contributed by atoms with van der Waals surface area (Å²) >= 11 is 0. The molecule has 1 atom stereocenters. The van der Waals surface area contributed by atoms with E-state index in [0.29, 0.717) is 5.57 Å². The lowest BCUT2D eigenvalue weighted by Gasteiger charge is -2.26. The standard InChI is InChI=1S/C20H16N2O/c1-20(16-10-6-3-7-11-16)18(17(14-21)19(22)23-20)13-12-15-8-4-2-5-9-15/h2-13,22H,1H3. The van der Waals surface area contributed by atoms with E-state index in [1.807, 2.05) is 79.7 Å². The number of nitriles is 1. The monoisotopic (exact) mass is 300 g/mol. The van der Waals surface area contributed by atoms with Gasteiger partial charge in [0.25, 0.3) is 0 Å². The Balaban J connectivity index is 2.08. The maximum atomic E-state index is 9.42. The SMILES string of the molecule is CC1(c2ccccc2)OC(=N)C(C#N)=C1C=Cc1ccccc1. The predicted octanol–water partition coefficient (Wildman–Crippen LogP) is 4.44. The molecule has 2 aromatic carbocycles. The minimum atomic E-state index is -0.825. The Bertz CT molecular complexity index is 829. The average molecular weight is 300 g/mol. The Kier molecular flexibility index (Phi) is 3.82. The summed E-state index contributed by atoms with van der Waals surface area (Å²) in [5, 5.41) is 17.4. The number of benzene rings is 2. The van der Waals surface area contributed by atoms with Crippen molar-refractivity contribution in [2.75, 3.05) is 0 Å². The lowest BCUT2D eigenvalue weighted by molar-refractivity contribution is 0.131. The zero-order valence-corrected chi connectivity index (χ0v) is 12.8. The summed E-state index contributed by atoms with van der Waals surface area (Å²) in [6.07, 6.45) is 3.82. The molecule has 3 heteroatoms. The summed E-state index contributed by atoms with van der Waals surface area (Å²) in [6.45, 7) is 1.89. The van der Waals surface area contributed by atoms with Crippen molar-refractivity contribution >= 4 is 12.0 Å². The number of nitrogens with zero attached hydrogens (tertiary/aromatic N) is 1. The number of rotatable bonds is 3. The largest absolute Gasteiger partial charge is 0.461 e. The van der Waals surface area contributed by atoms with Gasteiger partial charge in [-0.2, -0.15) is 5.26 Å². The van der Waals surface area contributed by atoms with Crippen LogP contribution in [-0.4, -0.2) is 5.90 Å². The highest BCUT2D eigenvalue weighted by atomic mass is 16.5. The van der Waals surface area contributed by atoms with E-state index in [1.165, 1.54) is 0 Å². The van der Waals surface area contributed by atoms with E-state index >= 15 is 0 Å². The van der Waals surface area contributed by atoms with E-state index in [0.717, 1.165) is 11.1 Å². The second kappa shape index (κ2) is 5.94. The summed E-state index contributed by atoms with van der Waals surface area (Å²) in [7, 11) is 0. The van der Waals surface area contributed by atoms with Crippen LogP contribution in [0.1, 0.15) is 18.1 Å². The molecular weight excluding hydrogens is 284 g/mol. The summed E-state index contributed by atoms with van der Waals surface area (Å²) in [5.41, 5.74) is 2.12. The molecule has 0 aliphatic carbocycles. The fraction of sp³-hybridized carbons (Fsp3) is 0.100. The van der Waals surface area contributed by atoms with Gasteiger partial charge in [-0.25, -0.2) is 0 Å². The maximum Gasteiger partial charge on any atom is 0.225 e. The molecule has 1 aliphatic heterocycles. The van der Waals surface area contributed by atoms with Gasteiger partial charge < -0.3 is 4.74 Å². The van der Waals surface area contributed by atoms with Gasteiger partial charge in [-0.1, -0.05) is 72.8 Å². The van der Waals surface area contributed by atoms with E-state index in [-0.39, 0.29) is 11.5 Å². The van der Waals surface area contributed by atoms with Gasteiger partial charge in [-0.15, -0.1) is 0 Å². The van der Waals surface area contributed by atoms with Crippen molar-refractivity contribution < 1.29 is 4.74 Å². The summed E-state index contributed by atoms with van der Waals surface area (Å²) in [6, 6.07) is 21.6. The Labute approximate surface area is 135 Å². The van der Waals surface area contributed by atoms with Crippen molar-refractivity contribution in [3.8, 4) is 6.07 Å². The zero-order chi connectivity index (χ0) is 16.3. The minimum absolute atomic E-state index is 0.0773. The van der Waals surface area contributed by atoms with Crippen LogP contribution in [0.3, 0.4) is 0 Å². The third-order valence-corrected chi connectivity index (χ3v) is 4.00. The lowest BCUT2D eigenvalue weighted by atomic mass is 9.86. The topological polar surface area (TPSA) is 56.9 Å². The van der Waals surface area contributed by atoms with Crippen LogP contribution < -0.4 is 0 Å². The molecule has 0 aromatic heterocycles. The first-order chi connectivity index (χ1) is 11.1. The fourth-order valence-corrected chi connectivity index (χ4v) is 2.74. The van der Waals surface area contributed by atoms with Crippen molar-refractivity contribution in [3.05, 3.63) is 89.0 Å². The van der Waals surface area contributed by atoms with E-state index in [2.05, 4.69) is 6.07 Å². The Morgan fingerprint density at radius 2 is 1.61 bits per heavy atom. The molecule has 0 fully saturated rings. The van der Waals surface area contributed by atoms with E-state index in [9.17, 15) is 5.26 Å². The van der Waals surface area contributed by atoms with Crippen LogP contribution in [0.2, 0.25) is 0 Å². The van der Waals surface area contributed by atoms with Crippen LogP contribution in [0.4, 0.5) is 0 Å². The molecule has 0 spiro atoms. The Hall–Kier alpha value is -3.12. The normalized spacial score (nSPS) is 20.6. The molecule has 0 amide bonds. The van der Waals surface area contributed by atoms with E-state index < -0.39 is 5.60 Å². The number of nitrogens with one attached hydrogen (secondary N) is 1. The van der Waals surface area contributed by atoms with Gasteiger partial charge in [0.1, 0.15) is 11.6 Å². The van der Waals surface area contributed by atoms with Gasteiger partial charge in [-0.3, -0.25) is 5.41 Å².